The number of benzene rings is 4. The lowest BCUT2D eigenvalue weighted by Crippen LogP contribution is -2.33. The lowest BCUT2D eigenvalue weighted by Gasteiger charge is -2.20. The van der Waals surface area contributed by atoms with Crippen LogP contribution < -0.4 is 15.4 Å². The van der Waals surface area contributed by atoms with Crippen LogP contribution in [0.25, 0.3) is 0 Å². The van der Waals surface area contributed by atoms with Crippen LogP contribution >= 0.6 is 0 Å². The number of nitrogens with one attached hydrogen (secondary N) is 2. The molecule has 0 amide bonds. The van der Waals surface area contributed by atoms with E-state index in [-0.39, 0.29) is 17.5 Å². The molecule has 0 aromatic heterocycles. The van der Waals surface area contributed by atoms with Crippen LogP contribution in [0.1, 0.15) is 45.7 Å². The first-order chi connectivity index (χ1) is 20.4. The second-order valence-electron chi connectivity index (χ2n) is 10.1. The number of ether oxygens (including phenoxy) is 2. The van der Waals surface area contributed by atoms with Gasteiger partial charge in [-0.15, -0.1) is 0 Å². The van der Waals surface area contributed by atoms with Gasteiger partial charge in [-0.05, 0) is 42.0 Å². The van der Waals surface area contributed by atoms with Gasteiger partial charge < -0.3 is 20.1 Å². The summed E-state index contributed by atoms with van der Waals surface area (Å²) in [6.07, 6.45) is 0.350. The van der Waals surface area contributed by atoms with E-state index < -0.39 is 12.0 Å². The maximum absolute atomic E-state index is 13.2. The molecule has 1 unspecified atom stereocenters. The van der Waals surface area contributed by atoms with E-state index in [4.69, 9.17) is 9.47 Å². The zero-order chi connectivity index (χ0) is 29.9. The van der Waals surface area contributed by atoms with E-state index in [1.165, 1.54) is 7.11 Å². The van der Waals surface area contributed by atoms with Crippen molar-refractivity contribution in [2.24, 2.45) is 5.92 Å². The fraction of sp³-hybridized carbons (Fsp3) is 0.229. The quantitative estimate of drug-likeness (QED) is 0.103. The number of methoxy groups -OCH3 is 1. The third kappa shape index (κ3) is 7.85. The molecule has 216 valence electrons. The van der Waals surface area contributed by atoms with Crippen molar-refractivity contribution in [3.63, 3.8) is 0 Å². The highest BCUT2D eigenvalue weighted by molar-refractivity contribution is 6.12. The van der Waals surface area contributed by atoms with Gasteiger partial charge in [-0.25, -0.2) is 4.79 Å². The largest absolute Gasteiger partial charge is 0.492 e. The molecular formula is C35H36N2O5. The molecular weight excluding hydrogens is 528 g/mol. The van der Waals surface area contributed by atoms with Gasteiger partial charge >= 0.3 is 5.97 Å². The first-order valence-corrected chi connectivity index (χ1v) is 14.0. The molecule has 4 rings (SSSR count). The molecule has 0 aliphatic rings. The fourth-order valence-electron chi connectivity index (χ4n) is 4.55. The highest BCUT2D eigenvalue weighted by atomic mass is 16.5. The summed E-state index contributed by atoms with van der Waals surface area (Å²) >= 11 is 0. The van der Waals surface area contributed by atoms with Gasteiger partial charge in [0.2, 0.25) is 0 Å². The van der Waals surface area contributed by atoms with Crippen LogP contribution in [0.2, 0.25) is 0 Å². The Morgan fingerprint density at radius 3 is 2.02 bits per heavy atom. The molecule has 2 N–H and O–H groups in total. The van der Waals surface area contributed by atoms with Crippen LogP contribution in [0.3, 0.4) is 0 Å². The van der Waals surface area contributed by atoms with Crippen LogP contribution in [-0.2, 0) is 16.0 Å². The number of anilines is 2. The van der Waals surface area contributed by atoms with Crippen molar-refractivity contribution in [2.75, 3.05) is 30.9 Å². The first-order valence-electron chi connectivity index (χ1n) is 14.0. The summed E-state index contributed by atoms with van der Waals surface area (Å²) in [7, 11) is 1.35. The minimum Gasteiger partial charge on any atom is -0.492 e. The van der Waals surface area contributed by atoms with E-state index in [1.807, 2.05) is 86.6 Å². The van der Waals surface area contributed by atoms with Crippen molar-refractivity contribution in [2.45, 2.75) is 26.3 Å². The Morgan fingerprint density at radius 2 is 1.36 bits per heavy atom. The molecule has 0 heterocycles. The summed E-state index contributed by atoms with van der Waals surface area (Å²) in [6, 6.07) is 30.5. The van der Waals surface area contributed by atoms with Gasteiger partial charge in [-0.2, -0.15) is 0 Å². The number of esters is 1. The molecule has 0 radical (unpaired) electrons. The molecule has 4 aromatic rings. The van der Waals surface area contributed by atoms with Crippen LogP contribution in [-0.4, -0.2) is 43.8 Å². The molecule has 42 heavy (non-hydrogen) atoms. The van der Waals surface area contributed by atoms with Gasteiger partial charge in [-0.3, -0.25) is 9.59 Å². The standard InChI is InChI=1S/C35H36N2O5/c1-24(2)33(38)28-13-7-9-15-30(28)36-21-22-42-27-19-17-25(18-20-27)23-32(35(40)41-3)37-31-16-10-8-14-29(31)34(39)26-11-5-4-6-12-26/h4-20,24,32,36-37H,21-23H2,1-3H3. The van der Waals surface area contributed by atoms with Crippen LogP contribution in [0, 0.1) is 5.92 Å². The highest BCUT2D eigenvalue weighted by Crippen LogP contribution is 2.23. The van der Waals surface area contributed by atoms with Crippen LogP contribution in [0.4, 0.5) is 11.4 Å². The van der Waals surface area contributed by atoms with Crippen molar-refractivity contribution < 1.29 is 23.9 Å². The second-order valence-corrected chi connectivity index (χ2v) is 10.1. The number of para-hydroxylation sites is 2. The van der Waals surface area contributed by atoms with Crippen molar-refractivity contribution in [3.05, 3.63) is 125 Å². The van der Waals surface area contributed by atoms with E-state index >= 15 is 0 Å². The smallest absolute Gasteiger partial charge is 0.328 e. The predicted molar refractivity (Wildman–Crippen MR) is 165 cm³/mol. The minimum absolute atomic E-state index is 0.0804. The maximum atomic E-state index is 13.2. The molecule has 0 aliphatic heterocycles. The Balaban J connectivity index is 1.37. The third-order valence-corrected chi connectivity index (χ3v) is 6.79. The number of hydrogen-bond donors (Lipinski definition) is 2. The topological polar surface area (TPSA) is 93.7 Å². The minimum atomic E-state index is -0.704. The van der Waals surface area contributed by atoms with Crippen molar-refractivity contribution in [1.29, 1.82) is 0 Å². The van der Waals surface area contributed by atoms with E-state index in [0.717, 1.165) is 11.3 Å². The molecule has 7 nitrogen and oxygen atoms in total. The molecule has 0 bridgehead atoms. The van der Waals surface area contributed by atoms with E-state index in [1.54, 1.807) is 30.3 Å². The van der Waals surface area contributed by atoms with Crippen molar-refractivity contribution in [1.82, 2.24) is 0 Å². The summed E-state index contributed by atoms with van der Waals surface area (Å²) < 4.78 is 11.0. The summed E-state index contributed by atoms with van der Waals surface area (Å²) in [5.74, 6) is 0.144. The van der Waals surface area contributed by atoms with Gasteiger partial charge in [0.25, 0.3) is 0 Å². The zero-order valence-corrected chi connectivity index (χ0v) is 24.1. The predicted octanol–water partition coefficient (Wildman–Crippen LogP) is 6.44. The van der Waals surface area contributed by atoms with E-state index in [9.17, 15) is 14.4 Å². The Morgan fingerprint density at radius 1 is 0.738 bits per heavy atom. The Bertz CT molecular complexity index is 1500. The Kier molecular flexibility index (Phi) is 10.5. The monoisotopic (exact) mass is 564 g/mol. The molecule has 4 aromatic carbocycles. The fourth-order valence-corrected chi connectivity index (χ4v) is 4.55. The summed E-state index contributed by atoms with van der Waals surface area (Å²) in [4.78, 5) is 38.3. The summed E-state index contributed by atoms with van der Waals surface area (Å²) in [5.41, 5.74) is 3.98. The molecule has 0 spiro atoms. The number of carbonyl (C=O) groups excluding carboxylic acids is 3. The van der Waals surface area contributed by atoms with Crippen molar-refractivity contribution >= 4 is 28.9 Å². The lowest BCUT2D eigenvalue weighted by atomic mass is 9.99. The third-order valence-electron chi connectivity index (χ3n) is 6.79. The molecule has 0 saturated heterocycles. The van der Waals surface area contributed by atoms with Gasteiger partial charge in [0.15, 0.2) is 11.6 Å². The molecule has 0 saturated carbocycles. The van der Waals surface area contributed by atoms with Crippen LogP contribution in [0.15, 0.2) is 103 Å². The molecule has 0 fully saturated rings. The average molecular weight is 565 g/mol. The van der Waals surface area contributed by atoms with Gasteiger partial charge in [0.05, 0.1) is 7.11 Å². The van der Waals surface area contributed by atoms with Crippen molar-refractivity contribution in [3.8, 4) is 5.75 Å². The zero-order valence-electron chi connectivity index (χ0n) is 24.1. The number of Topliss-reactive ketones (excluding diaryl/α,β-unsaturated/α-hetero) is 1. The van der Waals surface area contributed by atoms with E-state index in [2.05, 4.69) is 10.6 Å². The van der Waals surface area contributed by atoms with Gasteiger partial charge in [0.1, 0.15) is 18.4 Å². The van der Waals surface area contributed by atoms with Gasteiger partial charge in [-0.1, -0.05) is 80.6 Å². The van der Waals surface area contributed by atoms with Crippen LogP contribution in [0.5, 0.6) is 5.75 Å². The second kappa shape index (κ2) is 14.6. The van der Waals surface area contributed by atoms with E-state index in [0.29, 0.717) is 47.7 Å². The molecule has 7 heteroatoms. The number of rotatable bonds is 14. The summed E-state index contributed by atoms with van der Waals surface area (Å²) in [5, 5.41) is 6.52. The maximum Gasteiger partial charge on any atom is 0.328 e. The molecule has 1 atom stereocenters. The first kappa shape index (κ1) is 30.1. The SMILES string of the molecule is COC(=O)C(Cc1ccc(OCCNc2ccccc2C(=O)C(C)C)cc1)Nc1ccccc1C(=O)c1ccccc1. The van der Waals surface area contributed by atoms with Gasteiger partial charge in [0, 0.05) is 46.9 Å². The normalized spacial score (nSPS) is 11.4. The Hall–Kier alpha value is -4.91. The number of hydrogen-bond acceptors (Lipinski definition) is 7. The number of ketones is 2. The average Bonchev–Trinajstić information content (AvgIpc) is 3.03. The highest BCUT2D eigenvalue weighted by Gasteiger charge is 2.22. The molecule has 0 aliphatic carbocycles. The number of carbonyl (C=O) groups is 3. The lowest BCUT2D eigenvalue weighted by molar-refractivity contribution is -0.141. The Labute approximate surface area is 246 Å². The summed E-state index contributed by atoms with van der Waals surface area (Å²) in [6.45, 7) is 4.71.